The number of rotatable bonds is 5. The molecule has 0 saturated carbocycles. The molecule has 110 valence electrons. The van der Waals surface area contributed by atoms with Gasteiger partial charge >= 0.3 is 0 Å². The van der Waals surface area contributed by atoms with Gasteiger partial charge in [0.15, 0.2) is 0 Å². The molecule has 1 rings (SSSR count). The zero-order chi connectivity index (χ0) is 15.3. The van der Waals surface area contributed by atoms with Crippen molar-refractivity contribution in [1.82, 2.24) is 10.2 Å². The lowest BCUT2D eigenvalue weighted by molar-refractivity contribution is -0.131. The molecule has 0 bridgehead atoms. The number of likely N-dealkylation sites (N-methyl/N-ethyl adjacent to an activating group) is 1. The number of carbonyl (C=O) groups is 2. The Bertz CT molecular complexity index is 502. The fraction of sp³-hybridized carbons (Fsp3) is 0.429. The first-order chi connectivity index (χ1) is 9.42. The monoisotopic (exact) mass is 279 g/mol. The van der Waals surface area contributed by atoms with Gasteiger partial charge in [-0.1, -0.05) is 6.07 Å². The number of nitrogen functional groups attached to an aromatic ring is 1. The van der Waals surface area contributed by atoms with Crippen molar-refractivity contribution in [2.24, 2.45) is 0 Å². The van der Waals surface area contributed by atoms with Crippen molar-refractivity contribution in [3.8, 4) is 5.75 Å². The maximum Gasteiger partial charge on any atom is 0.257 e. The van der Waals surface area contributed by atoms with Crippen LogP contribution in [-0.4, -0.2) is 43.5 Å². The zero-order valence-corrected chi connectivity index (χ0v) is 12.3. The number of hydrogen-bond donors (Lipinski definition) is 2. The predicted octanol–water partition coefficient (Wildman–Crippen LogP) is 0.874. The molecule has 0 heterocycles. The number of amides is 2. The molecule has 0 aliphatic heterocycles. The molecule has 0 aromatic heterocycles. The van der Waals surface area contributed by atoms with Crippen LogP contribution in [0.3, 0.4) is 0 Å². The maximum atomic E-state index is 12.2. The van der Waals surface area contributed by atoms with Gasteiger partial charge in [-0.25, -0.2) is 0 Å². The summed E-state index contributed by atoms with van der Waals surface area (Å²) in [6.07, 6.45) is 0. The minimum absolute atomic E-state index is 0.158. The molecule has 1 atom stereocenters. The second kappa shape index (κ2) is 6.79. The summed E-state index contributed by atoms with van der Waals surface area (Å²) < 4.78 is 5.12. The Morgan fingerprint density at radius 1 is 1.45 bits per heavy atom. The molecule has 2 amide bonds. The van der Waals surface area contributed by atoms with Gasteiger partial charge in [0, 0.05) is 19.3 Å². The van der Waals surface area contributed by atoms with Gasteiger partial charge in [-0.05, 0) is 26.0 Å². The van der Waals surface area contributed by atoms with E-state index in [4.69, 9.17) is 10.5 Å². The van der Waals surface area contributed by atoms with Crippen LogP contribution in [0.1, 0.15) is 24.2 Å². The fourth-order valence-electron chi connectivity index (χ4n) is 1.78. The predicted molar refractivity (Wildman–Crippen MR) is 77.6 cm³/mol. The van der Waals surface area contributed by atoms with Crippen LogP contribution in [0.2, 0.25) is 0 Å². The highest BCUT2D eigenvalue weighted by Gasteiger charge is 2.22. The number of nitrogens with two attached hydrogens (primary N) is 1. The second-order valence-corrected chi connectivity index (χ2v) is 4.47. The Morgan fingerprint density at radius 2 is 2.10 bits per heavy atom. The third-order valence-corrected chi connectivity index (χ3v) is 3.07. The van der Waals surface area contributed by atoms with Crippen molar-refractivity contribution in [3.63, 3.8) is 0 Å². The standard InChI is InChI=1S/C14H21N3O3/c1-5-17(3)14(19)9(2)16-13(18)12-10(15)7-6-8-11(12)20-4/h6-9H,5,15H2,1-4H3,(H,16,18). The van der Waals surface area contributed by atoms with Gasteiger partial charge in [-0.15, -0.1) is 0 Å². The summed E-state index contributed by atoms with van der Waals surface area (Å²) in [7, 11) is 3.15. The van der Waals surface area contributed by atoms with Crippen molar-refractivity contribution in [3.05, 3.63) is 23.8 Å². The van der Waals surface area contributed by atoms with Crippen LogP contribution < -0.4 is 15.8 Å². The summed E-state index contributed by atoms with van der Waals surface area (Å²) in [5, 5.41) is 2.64. The summed E-state index contributed by atoms with van der Waals surface area (Å²) in [4.78, 5) is 25.7. The average Bonchev–Trinajstić information content (AvgIpc) is 2.44. The van der Waals surface area contributed by atoms with Crippen molar-refractivity contribution >= 4 is 17.5 Å². The number of nitrogens with one attached hydrogen (secondary N) is 1. The number of anilines is 1. The van der Waals surface area contributed by atoms with E-state index in [0.717, 1.165) is 0 Å². The minimum Gasteiger partial charge on any atom is -0.496 e. The lowest BCUT2D eigenvalue weighted by Crippen LogP contribution is -2.45. The van der Waals surface area contributed by atoms with Crippen LogP contribution in [0.15, 0.2) is 18.2 Å². The molecule has 0 aliphatic carbocycles. The van der Waals surface area contributed by atoms with Gasteiger partial charge in [0.2, 0.25) is 5.91 Å². The molecule has 6 heteroatoms. The lowest BCUT2D eigenvalue weighted by atomic mass is 10.1. The van der Waals surface area contributed by atoms with Crippen LogP contribution in [0, 0.1) is 0 Å². The van der Waals surface area contributed by atoms with Crippen LogP contribution in [0.4, 0.5) is 5.69 Å². The molecule has 0 spiro atoms. The molecule has 1 aromatic rings. The highest BCUT2D eigenvalue weighted by atomic mass is 16.5. The first-order valence-corrected chi connectivity index (χ1v) is 6.40. The first-order valence-electron chi connectivity index (χ1n) is 6.40. The molecule has 0 radical (unpaired) electrons. The molecular formula is C14H21N3O3. The van der Waals surface area contributed by atoms with Gasteiger partial charge in [-0.2, -0.15) is 0 Å². The normalized spacial score (nSPS) is 11.6. The van der Waals surface area contributed by atoms with Crippen molar-refractivity contribution in [1.29, 1.82) is 0 Å². The van der Waals surface area contributed by atoms with Crippen LogP contribution in [0.25, 0.3) is 0 Å². The van der Waals surface area contributed by atoms with E-state index in [9.17, 15) is 9.59 Å². The minimum atomic E-state index is -0.628. The smallest absolute Gasteiger partial charge is 0.257 e. The Morgan fingerprint density at radius 3 is 2.65 bits per heavy atom. The Balaban J connectivity index is 2.89. The summed E-state index contributed by atoms with van der Waals surface area (Å²) in [5.41, 5.74) is 6.35. The largest absolute Gasteiger partial charge is 0.496 e. The molecule has 20 heavy (non-hydrogen) atoms. The quantitative estimate of drug-likeness (QED) is 0.783. The second-order valence-electron chi connectivity index (χ2n) is 4.47. The van der Waals surface area contributed by atoms with Gasteiger partial charge in [0.25, 0.3) is 5.91 Å². The molecule has 3 N–H and O–H groups in total. The Labute approximate surface area is 118 Å². The zero-order valence-electron chi connectivity index (χ0n) is 12.3. The van der Waals surface area contributed by atoms with Gasteiger partial charge in [0.1, 0.15) is 17.4 Å². The van der Waals surface area contributed by atoms with Gasteiger partial charge in [-0.3, -0.25) is 9.59 Å². The number of ether oxygens (including phenoxy) is 1. The number of benzene rings is 1. The summed E-state index contributed by atoms with van der Waals surface area (Å²) in [5.74, 6) is -0.203. The first kappa shape index (κ1) is 15.8. The molecule has 1 aromatic carbocycles. The molecular weight excluding hydrogens is 258 g/mol. The third kappa shape index (κ3) is 3.40. The van der Waals surface area contributed by atoms with E-state index in [1.807, 2.05) is 6.92 Å². The maximum absolute atomic E-state index is 12.2. The highest BCUT2D eigenvalue weighted by molar-refractivity contribution is 6.03. The Hall–Kier alpha value is -2.24. The molecule has 0 aliphatic rings. The van der Waals surface area contributed by atoms with E-state index in [2.05, 4.69) is 5.32 Å². The summed E-state index contributed by atoms with van der Waals surface area (Å²) in [6.45, 7) is 4.08. The SMILES string of the molecule is CCN(C)C(=O)C(C)NC(=O)c1c(N)cccc1OC. The van der Waals surface area contributed by atoms with E-state index < -0.39 is 11.9 Å². The van der Waals surface area contributed by atoms with Crippen LogP contribution in [0.5, 0.6) is 5.75 Å². The van der Waals surface area contributed by atoms with Crippen molar-refractivity contribution in [2.45, 2.75) is 19.9 Å². The molecule has 1 unspecified atom stereocenters. The van der Waals surface area contributed by atoms with Crippen LogP contribution >= 0.6 is 0 Å². The summed E-state index contributed by atoms with van der Waals surface area (Å²) >= 11 is 0. The Kier molecular flexibility index (Phi) is 5.37. The van der Waals surface area contributed by atoms with Crippen molar-refractivity contribution in [2.75, 3.05) is 26.4 Å². The highest BCUT2D eigenvalue weighted by Crippen LogP contribution is 2.23. The summed E-state index contributed by atoms with van der Waals surface area (Å²) in [6, 6.07) is 4.33. The van der Waals surface area contributed by atoms with E-state index >= 15 is 0 Å². The third-order valence-electron chi connectivity index (χ3n) is 3.07. The molecule has 6 nitrogen and oxygen atoms in total. The number of carbonyl (C=O) groups excluding carboxylic acids is 2. The lowest BCUT2D eigenvalue weighted by Gasteiger charge is -2.21. The molecule has 0 saturated heterocycles. The van der Waals surface area contributed by atoms with Gasteiger partial charge in [0.05, 0.1) is 7.11 Å². The van der Waals surface area contributed by atoms with Gasteiger partial charge < -0.3 is 20.7 Å². The van der Waals surface area contributed by atoms with Crippen LogP contribution in [-0.2, 0) is 4.79 Å². The van der Waals surface area contributed by atoms with E-state index in [0.29, 0.717) is 18.0 Å². The van der Waals surface area contributed by atoms with E-state index in [-0.39, 0.29) is 11.5 Å². The topological polar surface area (TPSA) is 84.7 Å². The number of nitrogens with zero attached hydrogens (tertiary/aromatic N) is 1. The number of hydrogen-bond acceptors (Lipinski definition) is 4. The van der Waals surface area contributed by atoms with E-state index in [1.54, 1.807) is 32.2 Å². The molecule has 0 fully saturated rings. The van der Waals surface area contributed by atoms with Crippen molar-refractivity contribution < 1.29 is 14.3 Å². The van der Waals surface area contributed by atoms with E-state index in [1.165, 1.54) is 12.0 Å². The number of methoxy groups -OCH3 is 1. The fourth-order valence-corrected chi connectivity index (χ4v) is 1.78. The average molecular weight is 279 g/mol.